The molecule has 0 bridgehead atoms. The molecule has 1 aromatic carbocycles. The Bertz CT molecular complexity index is 1390. The number of amides is 6. The van der Waals surface area contributed by atoms with Crippen LogP contribution >= 0.6 is 0 Å². The van der Waals surface area contributed by atoms with Crippen LogP contribution in [0.5, 0.6) is 0 Å². The summed E-state index contributed by atoms with van der Waals surface area (Å²) in [5.74, 6) is -2.08. The fourth-order valence-electron chi connectivity index (χ4n) is 5.87. The molecule has 14 nitrogen and oxygen atoms in total. The number of alkyl carbamates (subject to hydrolysis) is 1. The third-order valence-corrected chi connectivity index (χ3v) is 8.40. The van der Waals surface area contributed by atoms with Gasteiger partial charge in [-0.15, -0.1) is 0 Å². The van der Waals surface area contributed by atoms with Crippen molar-refractivity contribution in [2.24, 2.45) is 17.6 Å². The van der Waals surface area contributed by atoms with Crippen LogP contribution in [-0.4, -0.2) is 90.3 Å². The number of nitrogens with zero attached hydrogens (tertiary/aromatic N) is 2. The molecule has 3 aliphatic rings. The van der Waals surface area contributed by atoms with Crippen LogP contribution in [0.25, 0.3) is 0 Å². The maximum atomic E-state index is 13.2. The van der Waals surface area contributed by atoms with Crippen LogP contribution < -0.4 is 27.0 Å². The van der Waals surface area contributed by atoms with E-state index in [1.165, 1.54) is 16.9 Å². The van der Waals surface area contributed by atoms with Crippen LogP contribution in [0.1, 0.15) is 46.0 Å². The summed E-state index contributed by atoms with van der Waals surface area (Å²) in [5, 5.41) is 11.1. The number of nitrogens with one attached hydrogen (secondary N) is 4. The molecule has 2 aliphatic heterocycles. The van der Waals surface area contributed by atoms with Crippen molar-refractivity contribution < 1.29 is 33.5 Å². The van der Waals surface area contributed by atoms with Crippen molar-refractivity contribution in [2.45, 2.75) is 64.1 Å². The predicted molar refractivity (Wildman–Crippen MR) is 170 cm³/mol. The summed E-state index contributed by atoms with van der Waals surface area (Å²) in [5.41, 5.74) is 7.08. The number of ether oxygens (including phenoxy) is 1. The number of methoxy groups -OCH3 is 1. The minimum Gasteiger partial charge on any atom is -0.453 e. The van der Waals surface area contributed by atoms with E-state index in [4.69, 9.17) is 5.73 Å². The largest absolute Gasteiger partial charge is 0.453 e. The van der Waals surface area contributed by atoms with Gasteiger partial charge in [0, 0.05) is 30.2 Å². The molecular formula is C32H43N7O7. The molecule has 0 aromatic heterocycles. The maximum Gasteiger partial charge on any atom is 0.407 e. The van der Waals surface area contributed by atoms with Gasteiger partial charge in [-0.1, -0.05) is 26.0 Å². The van der Waals surface area contributed by atoms with Gasteiger partial charge in [-0.2, -0.15) is 0 Å². The van der Waals surface area contributed by atoms with Crippen LogP contribution in [0.15, 0.2) is 48.2 Å². The first kappa shape index (κ1) is 34.2. The lowest BCUT2D eigenvalue weighted by Gasteiger charge is -2.30. The highest BCUT2D eigenvalue weighted by atomic mass is 16.5. The van der Waals surface area contributed by atoms with Crippen LogP contribution in [-0.2, 0) is 28.7 Å². The van der Waals surface area contributed by atoms with Gasteiger partial charge in [0.25, 0.3) is 0 Å². The van der Waals surface area contributed by atoms with Crippen LogP contribution in [0.4, 0.5) is 16.2 Å². The van der Waals surface area contributed by atoms with Gasteiger partial charge in [-0.3, -0.25) is 24.0 Å². The van der Waals surface area contributed by atoms with Gasteiger partial charge < -0.3 is 41.5 Å². The van der Waals surface area contributed by atoms with Gasteiger partial charge in [0.2, 0.25) is 29.5 Å². The smallest absolute Gasteiger partial charge is 0.407 e. The third kappa shape index (κ3) is 8.30. The number of nitrogens with two attached hydrogens (primary N) is 1. The van der Waals surface area contributed by atoms with E-state index < -0.39 is 30.1 Å². The molecule has 2 saturated heterocycles. The second-order valence-electron chi connectivity index (χ2n) is 11.9. The second kappa shape index (κ2) is 15.5. The number of anilines is 2. The Kier molecular flexibility index (Phi) is 11.5. The van der Waals surface area contributed by atoms with E-state index in [1.54, 1.807) is 42.5 Å². The minimum absolute atomic E-state index is 0.139. The highest BCUT2D eigenvalue weighted by Gasteiger charge is 2.39. The normalized spacial score (nSPS) is 21.3. The molecule has 2 heterocycles. The molecule has 14 heteroatoms. The molecule has 1 aliphatic carbocycles. The number of hydrogen-bond donors (Lipinski definition) is 5. The Labute approximate surface area is 268 Å². The molecule has 248 valence electrons. The zero-order chi connectivity index (χ0) is 33.4. The van der Waals surface area contributed by atoms with E-state index in [0.717, 1.165) is 6.42 Å². The standard InChI is InChI=1S/C32H43N7O7/c1-19(2)27(37-32(45)46-3)31(44)39-17-5-7-25(39)30(43)36-23-14-12-22(13-15-23)34-28(41)20-8-10-21(11-9-20)35-29(42)24-6-4-16-38(24)26(40)18-33/h8,10-15,19-20,24-25,27H,4-7,9,16-18,33H2,1-3H3,(H,34,41)(H,35,42)(H,36,43)(H,37,45)/t20-,24-,25-,27-/m0/s1. The summed E-state index contributed by atoms with van der Waals surface area (Å²) >= 11 is 0. The van der Waals surface area contributed by atoms with Crippen molar-refractivity contribution >= 4 is 47.0 Å². The first-order valence-electron chi connectivity index (χ1n) is 15.6. The molecule has 6 N–H and O–H groups in total. The number of carbonyl (C=O) groups is 6. The Morgan fingerprint density at radius 1 is 0.870 bits per heavy atom. The lowest BCUT2D eigenvalue weighted by atomic mass is 9.98. The van der Waals surface area contributed by atoms with Gasteiger partial charge >= 0.3 is 6.09 Å². The van der Waals surface area contributed by atoms with Crippen molar-refractivity contribution in [3.05, 3.63) is 48.2 Å². The first-order chi connectivity index (χ1) is 22.0. The Hall–Kier alpha value is -4.72. The van der Waals surface area contributed by atoms with Crippen molar-refractivity contribution in [3.63, 3.8) is 0 Å². The lowest BCUT2D eigenvalue weighted by Crippen LogP contribution is -2.54. The van der Waals surface area contributed by atoms with E-state index >= 15 is 0 Å². The number of rotatable bonds is 10. The zero-order valence-corrected chi connectivity index (χ0v) is 26.4. The monoisotopic (exact) mass is 637 g/mol. The molecule has 46 heavy (non-hydrogen) atoms. The predicted octanol–water partition coefficient (Wildman–Crippen LogP) is 1.46. The summed E-state index contributed by atoms with van der Waals surface area (Å²) in [7, 11) is 1.23. The number of allylic oxidation sites excluding steroid dienone is 2. The number of likely N-dealkylation sites (tertiary alicyclic amines) is 2. The van der Waals surface area contributed by atoms with Gasteiger partial charge in [0.15, 0.2) is 0 Å². The molecular weight excluding hydrogens is 594 g/mol. The number of benzene rings is 1. The topological polar surface area (TPSA) is 192 Å². The van der Waals surface area contributed by atoms with E-state index in [0.29, 0.717) is 55.8 Å². The summed E-state index contributed by atoms with van der Waals surface area (Å²) in [4.78, 5) is 78.8. The Morgan fingerprint density at radius 2 is 1.43 bits per heavy atom. The molecule has 0 spiro atoms. The first-order valence-corrected chi connectivity index (χ1v) is 15.6. The molecule has 4 atom stereocenters. The third-order valence-electron chi connectivity index (χ3n) is 8.40. The molecule has 4 rings (SSSR count). The van der Waals surface area contributed by atoms with E-state index in [9.17, 15) is 28.8 Å². The van der Waals surface area contributed by atoms with Gasteiger partial charge in [0.05, 0.1) is 19.6 Å². The summed E-state index contributed by atoms with van der Waals surface area (Å²) < 4.78 is 4.65. The SMILES string of the molecule is COC(=O)N[C@H](C(=O)N1CCC[C@H]1C(=O)Nc1ccc(NC(=O)[C@H]2C=CC(NC(=O)[C@@H]3CCCN3C(=O)CN)=CC2)cc1)C(C)C. The van der Waals surface area contributed by atoms with Crippen molar-refractivity contribution in [2.75, 3.05) is 37.4 Å². The minimum atomic E-state index is -0.820. The highest BCUT2D eigenvalue weighted by molar-refractivity contribution is 5.99. The maximum absolute atomic E-state index is 13.2. The van der Waals surface area contributed by atoms with E-state index in [1.807, 2.05) is 13.8 Å². The quantitative estimate of drug-likeness (QED) is 0.255. The molecule has 0 radical (unpaired) electrons. The van der Waals surface area contributed by atoms with Crippen LogP contribution in [0, 0.1) is 11.8 Å². The molecule has 0 saturated carbocycles. The summed E-state index contributed by atoms with van der Waals surface area (Å²) in [6, 6.07) is 4.62. The van der Waals surface area contributed by atoms with Crippen molar-refractivity contribution in [3.8, 4) is 0 Å². The van der Waals surface area contributed by atoms with Gasteiger partial charge in [-0.05, 0) is 68.4 Å². The second-order valence-corrected chi connectivity index (χ2v) is 11.9. The van der Waals surface area contributed by atoms with Crippen molar-refractivity contribution in [1.29, 1.82) is 0 Å². The lowest BCUT2D eigenvalue weighted by molar-refractivity contribution is -0.139. The molecule has 6 amide bonds. The fourth-order valence-corrected chi connectivity index (χ4v) is 5.87. The average Bonchev–Trinajstić information content (AvgIpc) is 3.75. The van der Waals surface area contributed by atoms with Crippen molar-refractivity contribution in [1.82, 2.24) is 20.4 Å². The van der Waals surface area contributed by atoms with E-state index in [-0.39, 0.29) is 42.0 Å². The van der Waals surface area contributed by atoms with Gasteiger partial charge in [-0.25, -0.2) is 4.79 Å². The van der Waals surface area contributed by atoms with Crippen LogP contribution in [0.3, 0.4) is 0 Å². The van der Waals surface area contributed by atoms with E-state index in [2.05, 4.69) is 26.0 Å². The van der Waals surface area contributed by atoms with Gasteiger partial charge in [0.1, 0.15) is 18.1 Å². The molecule has 0 unspecified atom stereocenters. The Morgan fingerprint density at radius 3 is 1.98 bits per heavy atom. The highest BCUT2D eigenvalue weighted by Crippen LogP contribution is 2.24. The fraction of sp³-hybridized carbons (Fsp3) is 0.500. The zero-order valence-electron chi connectivity index (χ0n) is 26.4. The number of hydrogen-bond acceptors (Lipinski definition) is 8. The molecule has 2 fully saturated rings. The number of carbonyl (C=O) groups excluding carboxylic acids is 6. The molecule has 1 aromatic rings. The Balaban J connectivity index is 1.27. The average molecular weight is 638 g/mol. The summed E-state index contributed by atoms with van der Waals surface area (Å²) in [6.07, 6.45) is 7.32. The van der Waals surface area contributed by atoms with Crippen LogP contribution in [0.2, 0.25) is 0 Å². The summed E-state index contributed by atoms with van der Waals surface area (Å²) in [6.45, 7) is 4.39.